The van der Waals surface area contributed by atoms with Crippen LogP contribution >= 0.6 is 11.6 Å². The first kappa shape index (κ1) is 12.1. The molecule has 3 heteroatoms. The first-order valence-electron chi connectivity index (χ1n) is 5.20. The van der Waals surface area contributed by atoms with E-state index in [0.29, 0.717) is 10.6 Å². The third-order valence-electron chi connectivity index (χ3n) is 2.31. The standard InChI is InChI=1S/C14H11ClFO/c15-13-7-4-8-14(16)12(13)10-17-9-11-5-2-1-3-6-11/h1-9H,10H2. The Bertz CT molecular complexity index is 465. The fraction of sp³-hybridized carbons (Fsp3) is 0.0714. The van der Waals surface area contributed by atoms with Crippen LogP contribution < -0.4 is 0 Å². The highest BCUT2D eigenvalue weighted by Crippen LogP contribution is 2.20. The number of ether oxygens (including phenoxy) is 1. The van der Waals surface area contributed by atoms with Crippen molar-refractivity contribution in [2.24, 2.45) is 0 Å². The highest BCUT2D eigenvalue weighted by atomic mass is 35.5. The van der Waals surface area contributed by atoms with Gasteiger partial charge >= 0.3 is 0 Å². The average molecular weight is 250 g/mol. The number of rotatable bonds is 4. The van der Waals surface area contributed by atoms with Crippen LogP contribution in [0.2, 0.25) is 5.02 Å². The van der Waals surface area contributed by atoms with Gasteiger partial charge in [0.1, 0.15) is 12.4 Å². The Morgan fingerprint density at radius 2 is 1.82 bits per heavy atom. The molecule has 2 aromatic carbocycles. The Morgan fingerprint density at radius 1 is 1.06 bits per heavy atom. The Balaban J connectivity index is 1.95. The van der Waals surface area contributed by atoms with Crippen LogP contribution in [0.5, 0.6) is 0 Å². The molecular weight excluding hydrogens is 239 g/mol. The monoisotopic (exact) mass is 249 g/mol. The second-order valence-corrected chi connectivity index (χ2v) is 3.95. The molecule has 0 aromatic heterocycles. The van der Waals surface area contributed by atoms with Crippen LogP contribution in [0.25, 0.3) is 0 Å². The lowest BCUT2D eigenvalue weighted by Crippen LogP contribution is -1.96. The molecule has 1 radical (unpaired) electrons. The Labute approximate surface area is 105 Å². The van der Waals surface area contributed by atoms with Gasteiger partial charge in [0.15, 0.2) is 0 Å². The first-order chi connectivity index (χ1) is 8.27. The van der Waals surface area contributed by atoms with Gasteiger partial charge in [0.25, 0.3) is 0 Å². The van der Waals surface area contributed by atoms with Crippen molar-refractivity contribution in [3.05, 3.63) is 77.1 Å². The summed E-state index contributed by atoms with van der Waals surface area (Å²) in [6.07, 6.45) is 0. The lowest BCUT2D eigenvalue weighted by Gasteiger charge is -2.06. The minimum Gasteiger partial charge on any atom is -0.366 e. The summed E-state index contributed by atoms with van der Waals surface area (Å²) in [6, 6.07) is 14.1. The van der Waals surface area contributed by atoms with E-state index < -0.39 is 0 Å². The van der Waals surface area contributed by atoms with E-state index in [4.69, 9.17) is 16.3 Å². The van der Waals surface area contributed by atoms with Gasteiger partial charge in [-0.2, -0.15) is 0 Å². The molecule has 2 aromatic rings. The van der Waals surface area contributed by atoms with Crippen molar-refractivity contribution in [1.29, 1.82) is 0 Å². The molecule has 0 atom stereocenters. The lowest BCUT2D eigenvalue weighted by molar-refractivity contribution is 0.195. The summed E-state index contributed by atoms with van der Waals surface area (Å²) in [6.45, 7) is 1.71. The lowest BCUT2D eigenvalue weighted by atomic mass is 10.2. The maximum atomic E-state index is 13.4. The van der Waals surface area contributed by atoms with E-state index in [2.05, 4.69) is 0 Å². The molecule has 17 heavy (non-hydrogen) atoms. The van der Waals surface area contributed by atoms with Gasteiger partial charge in [-0.3, -0.25) is 0 Å². The van der Waals surface area contributed by atoms with Crippen molar-refractivity contribution < 1.29 is 9.13 Å². The van der Waals surface area contributed by atoms with E-state index in [1.54, 1.807) is 18.7 Å². The quantitative estimate of drug-likeness (QED) is 0.789. The van der Waals surface area contributed by atoms with Gasteiger partial charge in [-0.05, 0) is 17.7 Å². The molecule has 0 aliphatic carbocycles. The molecule has 1 nitrogen and oxygen atoms in total. The fourth-order valence-corrected chi connectivity index (χ4v) is 1.64. The summed E-state index contributed by atoms with van der Waals surface area (Å²) >= 11 is 5.88. The van der Waals surface area contributed by atoms with Crippen LogP contribution in [0.3, 0.4) is 0 Å². The van der Waals surface area contributed by atoms with E-state index >= 15 is 0 Å². The molecule has 0 spiro atoms. The van der Waals surface area contributed by atoms with Gasteiger partial charge in [0.05, 0.1) is 6.61 Å². The normalized spacial score (nSPS) is 10.5. The van der Waals surface area contributed by atoms with E-state index in [1.807, 2.05) is 30.3 Å². The maximum absolute atomic E-state index is 13.4. The summed E-state index contributed by atoms with van der Waals surface area (Å²) in [5.74, 6) is -0.348. The topological polar surface area (TPSA) is 9.23 Å². The zero-order valence-electron chi connectivity index (χ0n) is 9.07. The molecule has 0 aliphatic rings. The molecule has 0 bridgehead atoms. The molecule has 0 N–H and O–H groups in total. The summed E-state index contributed by atoms with van der Waals surface area (Å²) in [7, 11) is 0. The molecule has 0 saturated carbocycles. The van der Waals surface area contributed by atoms with Gasteiger partial charge in [-0.25, -0.2) is 4.39 Å². The van der Waals surface area contributed by atoms with Crippen molar-refractivity contribution in [3.63, 3.8) is 0 Å². The predicted molar refractivity (Wildman–Crippen MR) is 66.0 cm³/mol. The highest BCUT2D eigenvalue weighted by Gasteiger charge is 2.06. The van der Waals surface area contributed by atoms with Gasteiger partial charge in [-0.1, -0.05) is 48.0 Å². The second kappa shape index (κ2) is 5.80. The molecular formula is C14H11ClFO. The summed E-state index contributed by atoms with van der Waals surface area (Å²) in [5.41, 5.74) is 1.31. The minimum atomic E-state index is -0.348. The third-order valence-corrected chi connectivity index (χ3v) is 2.66. The van der Waals surface area contributed by atoms with Crippen LogP contribution in [0.15, 0.2) is 48.5 Å². The van der Waals surface area contributed by atoms with E-state index in [1.165, 1.54) is 6.07 Å². The molecule has 0 heterocycles. The second-order valence-electron chi connectivity index (χ2n) is 3.54. The van der Waals surface area contributed by atoms with Crippen LogP contribution in [0, 0.1) is 12.4 Å². The highest BCUT2D eigenvalue weighted by molar-refractivity contribution is 6.31. The van der Waals surface area contributed by atoms with Crippen molar-refractivity contribution in [3.8, 4) is 0 Å². The largest absolute Gasteiger partial charge is 0.366 e. The predicted octanol–water partition coefficient (Wildman–Crippen LogP) is 4.21. The first-order valence-corrected chi connectivity index (χ1v) is 5.58. The van der Waals surface area contributed by atoms with Gasteiger partial charge in [0, 0.05) is 10.6 Å². The van der Waals surface area contributed by atoms with Crippen LogP contribution in [-0.4, -0.2) is 0 Å². The van der Waals surface area contributed by atoms with Crippen molar-refractivity contribution in [1.82, 2.24) is 0 Å². The number of benzene rings is 2. The number of hydrogen-bond acceptors (Lipinski definition) is 1. The maximum Gasteiger partial charge on any atom is 0.130 e. The third kappa shape index (κ3) is 3.29. The van der Waals surface area contributed by atoms with Crippen molar-refractivity contribution in [2.45, 2.75) is 6.61 Å². The zero-order valence-corrected chi connectivity index (χ0v) is 9.82. The van der Waals surface area contributed by atoms with Gasteiger partial charge in [0.2, 0.25) is 0 Å². The fourth-order valence-electron chi connectivity index (χ4n) is 1.42. The summed E-state index contributed by atoms with van der Waals surface area (Å²) in [5, 5.41) is 0.381. The SMILES string of the molecule is Fc1cccc(Cl)c1CO[CH]c1ccccc1. The Hall–Kier alpha value is -1.38. The number of halogens is 2. The van der Waals surface area contributed by atoms with E-state index in [9.17, 15) is 4.39 Å². The van der Waals surface area contributed by atoms with Crippen LogP contribution in [0.4, 0.5) is 4.39 Å². The minimum absolute atomic E-state index is 0.125. The molecule has 0 aliphatic heterocycles. The van der Waals surface area contributed by atoms with Crippen LogP contribution in [0.1, 0.15) is 11.1 Å². The van der Waals surface area contributed by atoms with Gasteiger partial charge in [-0.15, -0.1) is 0 Å². The summed E-state index contributed by atoms with van der Waals surface area (Å²) in [4.78, 5) is 0. The molecule has 0 unspecified atom stereocenters. The molecule has 87 valence electrons. The van der Waals surface area contributed by atoms with E-state index in [-0.39, 0.29) is 12.4 Å². The van der Waals surface area contributed by atoms with Crippen molar-refractivity contribution in [2.75, 3.05) is 0 Å². The molecule has 2 rings (SSSR count). The van der Waals surface area contributed by atoms with E-state index in [0.717, 1.165) is 5.56 Å². The Kier molecular flexibility index (Phi) is 4.13. The molecule has 0 saturated heterocycles. The van der Waals surface area contributed by atoms with Gasteiger partial charge < -0.3 is 4.74 Å². The molecule has 0 amide bonds. The summed E-state index contributed by atoms with van der Waals surface area (Å²) < 4.78 is 18.7. The van der Waals surface area contributed by atoms with Crippen LogP contribution in [-0.2, 0) is 11.3 Å². The smallest absolute Gasteiger partial charge is 0.130 e. The Morgan fingerprint density at radius 3 is 2.53 bits per heavy atom. The average Bonchev–Trinajstić information content (AvgIpc) is 2.34. The zero-order chi connectivity index (χ0) is 12.1. The number of hydrogen-bond donors (Lipinski definition) is 0. The van der Waals surface area contributed by atoms with Crippen molar-refractivity contribution >= 4 is 11.6 Å². The molecule has 0 fully saturated rings.